The van der Waals surface area contributed by atoms with Crippen molar-refractivity contribution in [2.45, 2.75) is 6.61 Å². The predicted molar refractivity (Wildman–Crippen MR) is 65.8 cm³/mol. The summed E-state index contributed by atoms with van der Waals surface area (Å²) in [6.07, 6.45) is 1.53. The normalized spacial score (nSPS) is 10.2. The van der Waals surface area contributed by atoms with Gasteiger partial charge in [0, 0.05) is 16.8 Å². The third kappa shape index (κ3) is 2.79. The molecule has 1 heterocycles. The molecule has 0 amide bonds. The number of anilines is 1. The number of nitrogens with two attached hydrogens (primary N) is 1. The molecule has 3 N–H and O–H groups in total. The molecule has 0 spiro atoms. The maximum atomic E-state index is 11.6. The molecule has 4 nitrogen and oxygen atoms in total. The molecule has 0 saturated carbocycles. The molecule has 2 aromatic rings. The zero-order chi connectivity index (χ0) is 12.3. The Kier molecular flexibility index (Phi) is 3.35. The second-order valence-corrected chi connectivity index (χ2v) is 3.92. The third-order valence-electron chi connectivity index (χ3n) is 2.24. The highest BCUT2D eigenvalue weighted by Gasteiger charge is 2.10. The van der Waals surface area contributed by atoms with Crippen LogP contribution in [0, 0.1) is 0 Å². The molecule has 0 saturated heterocycles. The van der Waals surface area contributed by atoms with Gasteiger partial charge in [0.05, 0.1) is 5.69 Å². The lowest BCUT2D eigenvalue weighted by Crippen LogP contribution is -2.05. The van der Waals surface area contributed by atoms with E-state index in [1.165, 1.54) is 12.3 Å². The molecule has 17 heavy (non-hydrogen) atoms. The largest absolute Gasteiger partial charge is 0.456 e. The summed E-state index contributed by atoms with van der Waals surface area (Å²) in [5.41, 5.74) is 7.08. The number of hydrogen-bond donors (Lipinski definition) is 2. The van der Waals surface area contributed by atoms with Gasteiger partial charge >= 0.3 is 5.97 Å². The van der Waals surface area contributed by atoms with Crippen molar-refractivity contribution in [2.24, 2.45) is 0 Å². The minimum absolute atomic E-state index is 0.136. The minimum Gasteiger partial charge on any atom is -0.456 e. The van der Waals surface area contributed by atoms with Gasteiger partial charge in [-0.15, -0.1) is 0 Å². The lowest BCUT2D eigenvalue weighted by molar-refractivity contribution is 0.0467. The summed E-state index contributed by atoms with van der Waals surface area (Å²) >= 11 is 5.94. The van der Waals surface area contributed by atoms with Crippen molar-refractivity contribution in [2.75, 3.05) is 5.73 Å². The van der Waals surface area contributed by atoms with Crippen molar-refractivity contribution in [1.82, 2.24) is 4.98 Å². The van der Waals surface area contributed by atoms with Gasteiger partial charge in [-0.2, -0.15) is 0 Å². The first-order valence-corrected chi connectivity index (χ1v) is 5.39. The standard InChI is InChI=1S/C12H11ClN2O2/c13-10-4-2-1-3-8(10)7-17-12(16)11-5-9(14)6-15-11/h1-6,15H,7,14H2. The highest BCUT2D eigenvalue weighted by atomic mass is 35.5. The number of benzene rings is 1. The highest BCUT2D eigenvalue weighted by molar-refractivity contribution is 6.31. The van der Waals surface area contributed by atoms with Crippen molar-refractivity contribution in [3.05, 3.63) is 52.8 Å². The smallest absolute Gasteiger partial charge is 0.355 e. The van der Waals surface area contributed by atoms with Crippen molar-refractivity contribution >= 4 is 23.3 Å². The summed E-state index contributed by atoms with van der Waals surface area (Å²) in [5, 5.41) is 0.575. The number of carbonyl (C=O) groups excluding carboxylic acids is 1. The van der Waals surface area contributed by atoms with Crippen molar-refractivity contribution in [3.63, 3.8) is 0 Å². The summed E-state index contributed by atoms with van der Waals surface area (Å²) in [6, 6.07) is 8.73. The van der Waals surface area contributed by atoms with Crippen LogP contribution in [-0.4, -0.2) is 11.0 Å². The number of ether oxygens (including phenoxy) is 1. The van der Waals surface area contributed by atoms with Gasteiger partial charge in [0.1, 0.15) is 12.3 Å². The molecule has 0 radical (unpaired) electrons. The number of H-pyrrole nitrogens is 1. The summed E-state index contributed by atoms with van der Waals surface area (Å²) in [6.45, 7) is 0.136. The van der Waals surface area contributed by atoms with E-state index in [4.69, 9.17) is 22.1 Å². The second kappa shape index (κ2) is 4.93. The zero-order valence-corrected chi connectivity index (χ0v) is 9.70. The molecule has 0 aliphatic heterocycles. The molecule has 0 unspecified atom stereocenters. The van der Waals surface area contributed by atoms with Crippen LogP contribution in [0.15, 0.2) is 36.5 Å². The van der Waals surface area contributed by atoms with Gasteiger partial charge in [-0.3, -0.25) is 0 Å². The molecule has 0 fully saturated rings. The molecular weight excluding hydrogens is 240 g/mol. The molecule has 0 aliphatic carbocycles. The van der Waals surface area contributed by atoms with Crippen LogP contribution in [0.2, 0.25) is 5.02 Å². The van der Waals surface area contributed by atoms with E-state index in [0.717, 1.165) is 5.56 Å². The monoisotopic (exact) mass is 250 g/mol. The third-order valence-corrected chi connectivity index (χ3v) is 2.61. The van der Waals surface area contributed by atoms with Crippen LogP contribution in [0.5, 0.6) is 0 Å². The van der Waals surface area contributed by atoms with Crippen LogP contribution in [0.25, 0.3) is 0 Å². The van der Waals surface area contributed by atoms with Crippen molar-refractivity contribution in [1.29, 1.82) is 0 Å². The first kappa shape index (κ1) is 11.5. The first-order valence-electron chi connectivity index (χ1n) is 5.01. The van der Waals surface area contributed by atoms with E-state index >= 15 is 0 Å². The number of carbonyl (C=O) groups is 1. The van der Waals surface area contributed by atoms with E-state index in [-0.39, 0.29) is 6.61 Å². The summed E-state index contributed by atoms with van der Waals surface area (Å²) in [4.78, 5) is 14.3. The first-order chi connectivity index (χ1) is 8.16. The Morgan fingerprint density at radius 1 is 1.41 bits per heavy atom. The van der Waals surface area contributed by atoms with E-state index in [1.54, 1.807) is 12.1 Å². The highest BCUT2D eigenvalue weighted by Crippen LogP contribution is 2.16. The van der Waals surface area contributed by atoms with Crippen LogP contribution < -0.4 is 5.73 Å². The number of hydrogen-bond acceptors (Lipinski definition) is 3. The molecule has 1 aromatic carbocycles. The van der Waals surface area contributed by atoms with Gasteiger partial charge in [0.15, 0.2) is 0 Å². The van der Waals surface area contributed by atoms with Crippen LogP contribution >= 0.6 is 11.6 Å². The second-order valence-electron chi connectivity index (χ2n) is 3.51. The molecule has 0 bridgehead atoms. The van der Waals surface area contributed by atoms with E-state index in [1.807, 2.05) is 12.1 Å². The van der Waals surface area contributed by atoms with Gasteiger partial charge < -0.3 is 15.5 Å². The molecule has 5 heteroatoms. The van der Waals surface area contributed by atoms with Gasteiger partial charge in [-0.25, -0.2) is 4.79 Å². The molecule has 88 valence electrons. The molecular formula is C12H11ClN2O2. The number of halogens is 1. The lowest BCUT2D eigenvalue weighted by atomic mass is 10.2. The average Bonchev–Trinajstić information content (AvgIpc) is 2.74. The summed E-state index contributed by atoms with van der Waals surface area (Å²) < 4.78 is 5.10. The molecule has 0 atom stereocenters. The lowest BCUT2D eigenvalue weighted by Gasteiger charge is -2.05. The fourth-order valence-electron chi connectivity index (χ4n) is 1.37. The Hall–Kier alpha value is -1.94. The van der Waals surface area contributed by atoms with Crippen LogP contribution in [0.1, 0.15) is 16.1 Å². The number of rotatable bonds is 3. The Morgan fingerprint density at radius 2 is 2.18 bits per heavy atom. The zero-order valence-electron chi connectivity index (χ0n) is 8.94. The Labute approximate surface area is 103 Å². The summed E-state index contributed by atoms with van der Waals surface area (Å²) in [7, 11) is 0. The maximum absolute atomic E-state index is 11.6. The van der Waals surface area contributed by atoms with E-state index in [0.29, 0.717) is 16.4 Å². The van der Waals surface area contributed by atoms with Crippen molar-refractivity contribution < 1.29 is 9.53 Å². The molecule has 0 aliphatic rings. The van der Waals surface area contributed by atoms with Gasteiger partial charge in [0.2, 0.25) is 0 Å². The molecule has 1 aromatic heterocycles. The minimum atomic E-state index is -0.457. The Morgan fingerprint density at radius 3 is 2.82 bits per heavy atom. The maximum Gasteiger partial charge on any atom is 0.355 e. The Balaban J connectivity index is 1.99. The van der Waals surface area contributed by atoms with Crippen molar-refractivity contribution in [3.8, 4) is 0 Å². The van der Waals surface area contributed by atoms with Crippen LogP contribution in [0.4, 0.5) is 5.69 Å². The topological polar surface area (TPSA) is 68.1 Å². The summed E-state index contributed by atoms with van der Waals surface area (Å²) in [5.74, 6) is -0.457. The predicted octanol–water partition coefficient (Wildman–Crippen LogP) is 2.61. The fourth-order valence-corrected chi connectivity index (χ4v) is 1.56. The average molecular weight is 251 g/mol. The van der Waals surface area contributed by atoms with Crippen LogP contribution in [0.3, 0.4) is 0 Å². The van der Waals surface area contributed by atoms with Crippen LogP contribution in [-0.2, 0) is 11.3 Å². The number of nitrogens with one attached hydrogen (secondary N) is 1. The Bertz CT molecular complexity index is 537. The van der Waals surface area contributed by atoms with E-state index < -0.39 is 5.97 Å². The van der Waals surface area contributed by atoms with Gasteiger partial charge in [0.25, 0.3) is 0 Å². The number of aromatic amines is 1. The fraction of sp³-hybridized carbons (Fsp3) is 0.0833. The van der Waals surface area contributed by atoms with E-state index in [2.05, 4.69) is 4.98 Å². The molecule has 2 rings (SSSR count). The number of esters is 1. The number of aromatic nitrogens is 1. The van der Waals surface area contributed by atoms with E-state index in [9.17, 15) is 4.79 Å². The van der Waals surface area contributed by atoms with Gasteiger partial charge in [-0.1, -0.05) is 29.8 Å². The number of nitrogen functional groups attached to an aromatic ring is 1. The SMILES string of the molecule is Nc1c[nH]c(C(=O)OCc2ccccc2Cl)c1. The quantitative estimate of drug-likeness (QED) is 0.823. The van der Waals surface area contributed by atoms with Gasteiger partial charge in [-0.05, 0) is 12.1 Å².